The molecule has 0 aromatic heterocycles. The molecule has 0 saturated carbocycles. The van der Waals surface area contributed by atoms with Crippen LogP contribution in [0.3, 0.4) is 0 Å². The Kier molecular flexibility index (Phi) is 2.67. The van der Waals surface area contributed by atoms with Crippen LogP contribution in [-0.2, 0) is 0 Å². The third kappa shape index (κ3) is 1.77. The zero-order valence-electron chi connectivity index (χ0n) is 8.68. The van der Waals surface area contributed by atoms with Crippen LogP contribution in [0.4, 0.5) is 0 Å². The smallest absolute Gasteiger partial charge is 0.0598 e. The van der Waals surface area contributed by atoms with E-state index < -0.39 is 0 Å². The van der Waals surface area contributed by atoms with Gasteiger partial charge in [-0.05, 0) is 34.4 Å². The molecule has 0 nitrogen and oxygen atoms in total. The molecule has 84 valence electrons. The van der Waals surface area contributed by atoms with Crippen LogP contribution >= 0.6 is 34.8 Å². The first-order valence-corrected chi connectivity index (χ1v) is 6.26. The van der Waals surface area contributed by atoms with Crippen molar-refractivity contribution >= 4 is 56.3 Å². The number of benzene rings is 3. The Morgan fingerprint density at radius 3 is 1.94 bits per heavy atom. The van der Waals surface area contributed by atoms with Crippen molar-refractivity contribution in [2.75, 3.05) is 0 Å². The van der Waals surface area contributed by atoms with Gasteiger partial charge in [0, 0.05) is 10.4 Å². The number of hydrogen-bond acceptors (Lipinski definition) is 0. The SMILES string of the molecule is Clc1cc2cc(Cl)c3ccccc3c2cc1Cl. The maximum Gasteiger partial charge on any atom is 0.0598 e. The molecular weight excluding hydrogens is 275 g/mol. The molecule has 0 radical (unpaired) electrons. The molecule has 3 aromatic carbocycles. The summed E-state index contributed by atoms with van der Waals surface area (Å²) in [4.78, 5) is 0. The Balaban J connectivity index is 2.59. The summed E-state index contributed by atoms with van der Waals surface area (Å²) in [5.41, 5.74) is 0. The van der Waals surface area contributed by atoms with Crippen LogP contribution in [0, 0.1) is 0 Å². The lowest BCUT2D eigenvalue weighted by molar-refractivity contribution is 1.76. The first-order chi connectivity index (χ1) is 8.16. The third-order valence-electron chi connectivity index (χ3n) is 2.85. The van der Waals surface area contributed by atoms with Gasteiger partial charge >= 0.3 is 0 Å². The number of hydrogen-bond donors (Lipinski definition) is 0. The predicted octanol–water partition coefficient (Wildman–Crippen LogP) is 5.95. The first kappa shape index (κ1) is 11.2. The van der Waals surface area contributed by atoms with E-state index in [2.05, 4.69) is 0 Å². The highest BCUT2D eigenvalue weighted by molar-refractivity contribution is 6.43. The van der Waals surface area contributed by atoms with Crippen molar-refractivity contribution in [3.05, 3.63) is 57.5 Å². The zero-order valence-corrected chi connectivity index (χ0v) is 10.9. The molecule has 0 aliphatic heterocycles. The molecule has 0 unspecified atom stereocenters. The molecular formula is C14H7Cl3. The van der Waals surface area contributed by atoms with Gasteiger partial charge in [-0.2, -0.15) is 0 Å². The van der Waals surface area contributed by atoms with Crippen LogP contribution in [-0.4, -0.2) is 0 Å². The van der Waals surface area contributed by atoms with Crippen molar-refractivity contribution in [2.24, 2.45) is 0 Å². The van der Waals surface area contributed by atoms with Crippen LogP contribution in [0.5, 0.6) is 0 Å². The quantitative estimate of drug-likeness (QED) is 0.446. The molecule has 0 aliphatic rings. The molecule has 3 rings (SSSR count). The standard InChI is InChI=1S/C14H7Cl3/c15-12-5-8-6-13(16)14(17)7-11(8)9-3-1-2-4-10(9)12/h1-7H. The summed E-state index contributed by atoms with van der Waals surface area (Å²) in [5, 5.41) is 6.03. The van der Waals surface area contributed by atoms with E-state index in [1.165, 1.54) is 0 Å². The van der Waals surface area contributed by atoms with E-state index in [0.717, 1.165) is 26.6 Å². The molecule has 0 aliphatic carbocycles. The lowest BCUT2D eigenvalue weighted by Crippen LogP contribution is -1.80. The van der Waals surface area contributed by atoms with Gasteiger partial charge in [-0.15, -0.1) is 0 Å². The van der Waals surface area contributed by atoms with E-state index in [1.54, 1.807) is 0 Å². The molecule has 3 aromatic rings. The molecule has 0 amide bonds. The predicted molar refractivity (Wildman–Crippen MR) is 76.5 cm³/mol. The monoisotopic (exact) mass is 280 g/mol. The van der Waals surface area contributed by atoms with Crippen LogP contribution in [0.1, 0.15) is 0 Å². The molecule has 0 heterocycles. The number of halogens is 3. The van der Waals surface area contributed by atoms with Crippen LogP contribution in [0.25, 0.3) is 21.5 Å². The van der Waals surface area contributed by atoms with Gasteiger partial charge in [-0.3, -0.25) is 0 Å². The van der Waals surface area contributed by atoms with Crippen LogP contribution in [0.2, 0.25) is 15.1 Å². The van der Waals surface area contributed by atoms with Gasteiger partial charge < -0.3 is 0 Å². The van der Waals surface area contributed by atoms with Gasteiger partial charge in [0.05, 0.1) is 10.0 Å². The minimum absolute atomic E-state index is 0.547. The third-order valence-corrected chi connectivity index (χ3v) is 3.88. The average molecular weight is 282 g/mol. The maximum atomic E-state index is 6.25. The van der Waals surface area contributed by atoms with Crippen molar-refractivity contribution in [1.29, 1.82) is 0 Å². The van der Waals surface area contributed by atoms with Crippen LogP contribution in [0.15, 0.2) is 42.5 Å². The van der Waals surface area contributed by atoms with Gasteiger partial charge in [0.15, 0.2) is 0 Å². The highest BCUT2D eigenvalue weighted by Crippen LogP contribution is 2.35. The van der Waals surface area contributed by atoms with Crippen molar-refractivity contribution < 1.29 is 0 Å². The van der Waals surface area contributed by atoms with Crippen molar-refractivity contribution in [3.8, 4) is 0 Å². The molecule has 0 N–H and O–H groups in total. The minimum Gasteiger partial charge on any atom is -0.0836 e. The summed E-state index contributed by atoms with van der Waals surface area (Å²) in [6.45, 7) is 0. The van der Waals surface area contributed by atoms with Gasteiger partial charge in [-0.25, -0.2) is 0 Å². The fraction of sp³-hybridized carbons (Fsp3) is 0. The van der Waals surface area contributed by atoms with Gasteiger partial charge in [0.2, 0.25) is 0 Å². The molecule has 0 fully saturated rings. The summed E-state index contributed by atoms with van der Waals surface area (Å²) in [6.07, 6.45) is 0. The Bertz CT molecular complexity index is 732. The topological polar surface area (TPSA) is 0 Å². The fourth-order valence-electron chi connectivity index (χ4n) is 2.06. The van der Waals surface area contributed by atoms with Crippen molar-refractivity contribution in [1.82, 2.24) is 0 Å². The second-order valence-electron chi connectivity index (χ2n) is 3.89. The second-order valence-corrected chi connectivity index (χ2v) is 5.11. The molecule has 0 atom stereocenters. The summed E-state index contributed by atoms with van der Waals surface area (Å²) >= 11 is 18.3. The summed E-state index contributed by atoms with van der Waals surface area (Å²) in [5.74, 6) is 0. The maximum absolute atomic E-state index is 6.25. The molecule has 0 spiro atoms. The summed E-state index contributed by atoms with van der Waals surface area (Å²) in [6, 6.07) is 13.6. The van der Waals surface area contributed by atoms with Crippen LogP contribution < -0.4 is 0 Å². The van der Waals surface area contributed by atoms with Gasteiger partial charge in [0.1, 0.15) is 0 Å². The van der Waals surface area contributed by atoms with E-state index in [0.29, 0.717) is 10.0 Å². The average Bonchev–Trinajstić information content (AvgIpc) is 2.32. The van der Waals surface area contributed by atoms with Gasteiger partial charge in [-0.1, -0.05) is 59.1 Å². The minimum atomic E-state index is 0.547. The van der Waals surface area contributed by atoms with E-state index >= 15 is 0 Å². The number of rotatable bonds is 0. The van der Waals surface area contributed by atoms with E-state index in [1.807, 2.05) is 42.5 Å². The Labute approximate surface area is 114 Å². The second kappa shape index (κ2) is 4.06. The van der Waals surface area contributed by atoms with E-state index in [-0.39, 0.29) is 0 Å². The molecule has 3 heteroatoms. The molecule has 17 heavy (non-hydrogen) atoms. The lowest BCUT2D eigenvalue weighted by atomic mass is 10.0. The Morgan fingerprint density at radius 2 is 1.18 bits per heavy atom. The fourth-order valence-corrected chi connectivity index (χ4v) is 2.67. The lowest BCUT2D eigenvalue weighted by Gasteiger charge is -2.07. The summed E-state index contributed by atoms with van der Waals surface area (Å²) in [7, 11) is 0. The van der Waals surface area contributed by atoms with E-state index in [9.17, 15) is 0 Å². The van der Waals surface area contributed by atoms with Crippen molar-refractivity contribution in [2.45, 2.75) is 0 Å². The highest BCUT2D eigenvalue weighted by atomic mass is 35.5. The first-order valence-electron chi connectivity index (χ1n) is 5.13. The Hall–Kier alpha value is -0.950. The Morgan fingerprint density at radius 1 is 0.588 bits per heavy atom. The highest BCUT2D eigenvalue weighted by Gasteiger charge is 2.07. The summed E-state index contributed by atoms with van der Waals surface area (Å²) < 4.78 is 0. The van der Waals surface area contributed by atoms with Crippen molar-refractivity contribution in [3.63, 3.8) is 0 Å². The molecule has 0 bridgehead atoms. The normalized spacial score (nSPS) is 11.2. The zero-order chi connectivity index (χ0) is 12.0. The number of fused-ring (bicyclic) bond motifs is 3. The van der Waals surface area contributed by atoms with E-state index in [4.69, 9.17) is 34.8 Å². The molecule has 0 saturated heterocycles. The van der Waals surface area contributed by atoms with Gasteiger partial charge in [0.25, 0.3) is 0 Å². The largest absolute Gasteiger partial charge is 0.0836 e.